The van der Waals surface area contributed by atoms with E-state index in [2.05, 4.69) is 39.3 Å². The third kappa shape index (κ3) is 2.18. The summed E-state index contributed by atoms with van der Waals surface area (Å²) in [6.07, 6.45) is 3.58. The number of halogens is 1. The average molecular weight is 331 g/mol. The van der Waals surface area contributed by atoms with Crippen molar-refractivity contribution in [3.63, 3.8) is 0 Å². The molecule has 0 unspecified atom stereocenters. The molecular weight excluding hydrogens is 316 g/mol. The van der Waals surface area contributed by atoms with Crippen molar-refractivity contribution in [1.29, 1.82) is 0 Å². The Hall–Kier alpha value is -1.88. The van der Waals surface area contributed by atoms with Crippen LogP contribution in [-0.2, 0) is 0 Å². The first-order chi connectivity index (χ1) is 9.56. The largest absolute Gasteiger partial charge is 0.399 e. The summed E-state index contributed by atoms with van der Waals surface area (Å²) in [4.78, 5) is 8.86. The van der Waals surface area contributed by atoms with Crippen molar-refractivity contribution < 1.29 is 0 Å². The SMILES string of the molecule is CC(C)n1c(-c2cc(N)cc(Br)c2)nc2cnccc21. The fourth-order valence-corrected chi connectivity index (χ4v) is 2.93. The molecule has 0 atom stereocenters. The maximum Gasteiger partial charge on any atom is 0.141 e. The van der Waals surface area contributed by atoms with Crippen molar-refractivity contribution in [2.45, 2.75) is 19.9 Å². The second-order valence-corrected chi connectivity index (χ2v) is 5.95. The van der Waals surface area contributed by atoms with Crippen LogP contribution in [-0.4, -0.2) is 14.5 Å². The Morgan fingerprint density at radius 1 is 1.25 bits per heavy atom. The fourth-order valence-electron chi connectivity index (χ4n) is 2.42. The lowest BCUT2D eigenvalue weighted by Crippen LogP contribution is -2.03. The number of benzene rings is 1. The molecule has 0 bridgehead atoms. The molecule has 20 heavy (non-hydrogen) atoms. The highest BCUT2D eigenvalue weighted by Gasteiger charge is 2.15. The zero-order valence-corrected chi connectivity index (χ0v) is 12.9. The number of nitrogens with two attached hydrogens (primary N) is 1. The molecule has 0 aliphatic rings. The van der Waals surface area contributed by atoms with Crippen LogP contribution in [0.2, 0.25) is 0 Å². The summed E-state index contributed by atoms with van der Waals surface area (Å²) in [6, 6.07) is 8.15. The number of rotatable bonds is 2. The Kier molecular flexibility index (Phi) is 3.22. The first-order valence-electron chi connectivity index (χ1n) is 6.44. The van der Waals surface area contributed by atoms with Crippen LogP contribution >= 0.6 is 15.9 Å². The highest BCUT2D eigenvalue weighted by Crippen LogP contribution is 2.30. The van der Waals surface area contributed by atoms with Crippen molar-refractivity contribution >= 4 is 32.7 Å². The molecule has 1 aromatic carbocycles. The van der Waals surface area contributed by atoms with Crippen LogP contribution in [0, 0.1) is 0 Å². The normalized spacial score (nSPS) is 11.4. The summed E-state index contributed by atoms with van der Waals surface area (Å²) in [5.74, 6) is 0.913. The van der Waals surface area contributed by atoms with Crippen LogP contribution in [0.4, 0.5) is 5.69 Å². The second kappa shape index (κ2) is 4.90. The van der Waals surface area contributed by atoms with Crippen molar-refractivity contribution in [1.82, 2.24) is 14.5 Å². The molecule has 0 amide bonds. The van der Waals surface area contributed by atoms with Gasteiger partial charge in [-0.05, 0) is 38.1 Å². The molecule has 0 radical (unpaired) electrons. The number of hydrogen-bond donors (Lipinski definition) is 1. The van der Waals surface area contributed by atoms with Crippen molar-refractivity contribution in [3.05, 3.63) is 41.1 Å². The molecule has 0 saturated carbocycles. The van der Waals surface area contributed by atoms with Crippen LogP contribution in [0.15, 0.2) is 41.1 Å². The quantitative estimate of drug-likeness (QED) is 0.722. The highest BCUT2D eigenvalue weighted by atomic mass is 79.9. The van der Waals surface area contributed by atoms with Crippen LogP contribution in [0.5, 0.6) is 0 Å². The summed E-state index contributed by atoms with van der Waals surface area (Å²) in [6.45, 7) is 4.29. The van der Waals surface area contributed by atoms with E-state index in [9.17, 15) is 0 Å². The maximum absolute atomic E-state index is 5.94. The van der Waals surface area contributed by atoms with E-state index in [1.807, 2.05) is 24.3 Å². The van der Waals surface area contributed by atoms with Gasteiger partial charge in [0, 0.05) is 28.0 Å². The molecule has 3 rings (SSSR count). The molecule has 0 spiro atoms. The van der Waals surface area contributed by atoms with E-state index in [0.717, 1.165) is 32.6 Å². The number of aromatic nitrogens is 3. The van der Waals surface area contributed by atoms with E-state index in [1.165, 1.54) is 0 Å². The molecule has 3 aromatic rings. The number of nitrogen functional groups attached to an aromatic ring is 1. The number of pyridine rings is 1. The molecule has 5 heteroatoms. The van der Waals surface area contributed by atoms with Crippen LogP contribution in [0.25, 0.3) is 22.4 Å². The topological polar surface area (TPSA) is 56.7 Å². The standard InChI is InChI=1S/C15H15BrN4/c1-9(2)20-14-3-4-18-8-13(14)19-15(20)10-5-11(16)7-12(17)6-10/h3-9H,17H2,1-2H3. The smallest absolute Gasteiger partial charge is 0.141 e. The summed E-state index contributed by atoms with van der Waals surface area (Å²) in [5.41, 5.74) is 9.64. The first kappa shape index (κ1) is 13.1. The minimum Gasteiger partial charge on any atom is -0.399 e. The highest BCUT2D eigenvalue weighted by molar-refractivity contribution is 9.10. The van der Waals surface area contributed by atoms with Crippen molar-refractivity contribution in [2.24, 2.45) is 0 Å². The lowest BCUT2D eigenvalue weighted by Gasteiger charge is -2.13. The van der Waals surface area contributed by atoms with Crippen molar-refractivity contribution in [3.8, 4) is 11.4 Å². The van der Waals surface area contributed by atoms with Gasteiger partial charge in [0.2, 0.25) is 0 Å². The molecule has 0 fully saturated rings. The lowest BCUT2D eigenvalue weighted by atomic mass is 10.2. The average Bonchev–Trinajstić information content (AvgIpc) is 2.76. The Labute approximate surface area is 125 Å². The van der Waals surface area contributed by atoms with Gasteiger partial charge in [-0.2, -0.15) is 0 Å². The third-order valence-electron chi connectivity index (χ3n) is 3.19. The van der Waals surface area contributed by atoms with Gasteiger partial charge in [0.15, 0.2) is 0 Å². The van der Waals surface area contributed by atoms with Gasteiger partial charge < -0.3 is 10.3 Å². The maximum atomic E-state index is 5.94. The number of anilines is 1. The summed E-state index contributed by atoms with van der Waals surface area (Å²) < 4.78 is 3.16. The zero-order valence-electron chi connectivity index (χ0n) is 11.3. The number of fused-ring (bicyclic) bond motifs is 1. The van der Waals surface area contributed by atoms with E-state index >= 15 is 0 Å². The molecular formula is C15H15BrN4. The van der Waals surface area contributed by atoms with Gasteiger partial charge in [-0.15, -0.1) is 0 Å². The molecule has 2 N–H and O–H groups in total. The number of imidazole rings is 1. The van der Waals surface area contributed by atoms with Gasteiger partial charge in [-0.1, -0.05) is 15.9 Å². The van der Waals surface area contributed by atoms with Gasteiger partial charge in [-0.3, -0.25) is 4.98 Å². The Balaban J connectivity index is 2.32. The zero-order chi connectivity index (χ0) is 14.3. The Morgan fingerprint density at radius 2 is 2.05 bits per heavy atom. The van der Waals surface area contributed by atoms with Crippen LogP contribution in [0.1, 0.15) is 19.9 Å². The minimum absolute atomic E-state index is 0.303. The van der Waals surface area contributed by atoms with E-state index in [4.69, 9.17) is 10.7 Å². The van der Waals surface area contributed by atoms with Crippen molar-refractivity contribution in [2.75, 3.05) is 5.73 Å². The predicted octanol–water partition coefficient (Wildman–Crippen LogP) is 4.02. The Bertz CT molecular complexity index is 756. The molecule has 102 valence electrons. The monoisotopic (exact) mass is 330 g/mol. The van der Waals surface area contributed by atoms with E-state index in [0.29, 0.717) is 6.04 Å². The van der Waals surface area contributed by atoms with Gasteiger partial charge >= 0.3 is 0 Å². The molecule has 2 heterocycles. The van der Waals surface area contributed by atoms with Crippen LogP contribution < -0.4 is 5.73 Å². The van der Waals surface area contributed by atoms with E-state index < -0.39 is 0 Å². The summed E-state index contributed by atoms with van der Waals surface area (Å²) in [7, 11) is 0. The van der Waals surface area contributed by atoms with Crippen LogP contribution in [0.3, 0.4) is 0 Å². The van der Waals surface area contributed by atoms with Gasteiger partial charge in [0.05, 0.1) is 11.7 Å². The van der Waals surface area contributed by atoms with Gasteiger partial charge in [0.25, 0.3) is 0 Å². The predicted molar refractivity (Wildman–Crippen MR) is 85.5 cm³/mol. The minimum atomic E-state index is 0.303. The molecule has 4 nitrogen and oxygen atoms in total. The number of nitrogens with zero attached hydrogens (tertiary/aromatic N) is 3. The summed E-state index contributed by atoms with van der Waals surface area (Å²) in [5, 5.41) is 0. The number of hydrogen-bond acceptors (Lipinski definition) is 3. The van der Waals surface area contributed by atoms with E-state index in [1.54, 1.807) is 12.4 Å². The lowest BCUT2D eigenvalue weighted by molar-refractivity contribution is 0.624. The molecule has 0 aliphatic heterocycles. The summed E-state index contributed by atoms with van der Waals surface area (Å²) >= 11 is 3.49. The Morgan fingerprint density at radius 3 is 2.75 bits per heavy atom. The second-order valence-electron chi connectivity index (χ2n) is 5.04. The van der Waals surface area contributed by atoms with Gasteiger partial charge in [-0.25, -0.2) is 4.98 Å². The van der Waals surface area contributed by atoms with Gasteiger partial charge in [0.1, 0.15) is 11.3 Å². The molecule has 0 saturated heterocycles. The fraction of sp³-hybridized carbons (Fsp3) is 0.200. The molecule has 2 aromatic heterocycles. The first-order valence-corrected chi connectivity index (χ1v) is 7.24. The third-order valence-corrected chi connectivity index (χ3v) is 3.64. The molecule has 0 aliphatic carbocycles. The van der Waals surface area contributed by atoms with E-state index in [-0.39, 0.29) is 0 Å².